The first kappa shape index (κ1) is 22.9. The van der Waals surface area contributed by atoms with Crippen LogP contribution in [0.25, 0.3) is 0 Å². The molecule has 0 saturated heterocycles. The van der Waals surface area contributed by atoms with Gasteiger partial charge in [-0.3, -0.25) is 14.4 Å². The number of para-hydroxylation sites is 2. The quantitative estimate of drug-likeness (QED) is 0.321. The molecule has 0 heterocycles. The Hall–Kier alpha value is -3.35. The van der Waals surface area contributed by atoms with Gasteiger partial charge in [0.15, 0.2) is 23.9 Å². The summed E-state index contributed by atoms with van der Waals surface area (Å²) < 4.78 is 16.2. The van der Waals surface area contributed by atoms with Crippen molar-refractivity contribution in [3.05, 3.63) is 54.1 Å². The van der Waals surface area contributed by atoms with Crippen molar-refractivity contribution in [1.29, 1.82) is 0 Å². The Kier molecular flexibility index (Phi) is 9.37. The zero-order valence-electron chi connectivity index (χ0n) is 17.3. The maximum atomic E-state index is 12.1. The van der Waals surface area contributed by atoms with Gasteiger partial charge >= 0.3 is 5.97 Å². The summed E-state index contributed by atoms with van der Waals surface area (Å²) in [6, 6.07) is 13.8. The van der Waals surface area contributed by atoms with E-state index in [9.17, 15) is 14.4 Å². The van der Waals surface area contributed by atoms with E-state index in [1.54, 1.807) is 37.3 Å². The molecule has 2 aromatic rings. The number of ketones is 1. The van der Waals surface area contributed by atoms with E-state index in [0.29, 0.717) is 48.8 Å². The van der Waals surface area contributed by atoms with Crippen molar-refractivity contribution < 1.29 is 28.6 Å². The molecule has 2 rings (SSSR count). The molecule has 7 heteroatoms. The fraction of sp³-hybridized carbons (Fsp3) is 0.348. The van der Waals surface area contributed by atoms with E-state index in [2.05, 4.69) is 5.32 Å². The van der Waals surface area contributed by atoms with Crippen LogP contribution >= 0.6 is 0 Å². The van der Waals surface area contributed by atoms with Crippen LogP contribution in [0.15, 0.2) is 48.5 Å². The second kappa shape index (κ2) is 12.3. The van der Waals surface area contributed by atoms with Crippen LogP contribution in [0.1, 0.15) is 43.5 Å². The number of ether oxygens (including phenoxy) is 3. The van der Waals surface area contributed by atoms with Crippen molar-refractivity contribution in [3.63, 3.8) is 0 Å². The predicted molar refractivity (Wildman–Crippen MR) is 113 cm³/mol. The number of carbonyl (C=O) groups is 3. The van der Waals surface area contributed by atoms with Gasteiger partial charge in [0.1, 0.15) is 0 Å². The van der Waals surface area contributed by atoms with E-state index < -0.39 is 5.97 Å². The van der Waals surface area contributed by atoms with Crippen molar-refractivity contribution in [3.8, 4) is 11.5 Å². The molecule has 0 aliphatic heterocycles. The summed E-state index contributed by atoms with van der Waals surface area (Å²) in [6.07, 6.45) is 0.978. The van der Waals surface area contributed by atoms with Crippen LogP contribution in [-0.2, 0) is 14.3 Å². The Morgan fingerprint density at radius 1 is 0.900 bits per heavy atom. The van der Waals surface area contributed by atoms with Crippen molar-refractivity contribution in [2.45, 2.75) is 33.1 Å². The molecule has 160 valence electrons. The van der Waals surface area contributed by atoms with Gasteiger partial charge in [-0.15, -0.1) is 0 Å². The topological polar surface area (TPSA) is 90.9 Å². The van der Waals surface area contributed by atoms with Gasteiger partial charge in [-0.1, -0.05) is 19.1 Å². The van der Waals surface area contributed by atoms with E-state index in [-0.39, 0.29) is 24.7 Å². The monoisotopic (exact) mass is 413 g/mol. The number of benzene rings is 2. The van der Waals surface area contributed by atoms with E-state index >= 15 is 0 Å². The number of carbonyl (C=O) groups excluding carboxylic acids is 3. The molecule has 2 aromatic carbocycles. The van der Waals surface area contributed by atoms with Gasteiger partial charge in [0.25, 0.3) is 0 Å². The van der Waals surface area contributed by atoms with Crippen LogP contribution in [0.3, 0.4) is 0 Å². The zero-order chi connectivity index (χ0) is 21.8. The molecule has 1 N–H and O–H groups in total. The second-order valence-corrected chi connectivity index (χ2v) is 6.39. The molecule has 0 fully saturated rings. The lowest BCUT2D eigenvalue weighted by molar-refractivity contribution is -0.142. The Labute approximate surface area is 176 Å². The summed E-state index contributed by atoms with van der Waals surface area (Å²) >= 11 is 0. The number of rotatable bonds is 12. The Balaban J connectivity index is 1.69. The number of hydrogen-bond donors (Lipinski definition) is 1. The summed E-state index contributed by atoms with van der Waals surface area (Å²) in [7, 11) is 0. The molecule has 7 nitrogen and oxygen atoms in total. The molecule has 0 bridgehead atoms. The molecule has 0 aromatic heterocycles. The third-order valence-corrected chi connectivity index (χ3v) is 4.11. The highest BCUT2D eigenvalue weighted by atomic mass is 16.5. The molecular formula is C23H27NO6. The minimum Gasteiger partial charge on any atom is -0.490 e. The van der Waals surface area contributed by atoms with Gasteiger partial charge in [-0.05, 0) is 49.7 Å². The minimum atomic E-state index is -0.461. The summed E-state index contributed by atoms with van der Waals surface area (Å²) in [5, 5.41) is 2.70. The molecule has 1 amide bonds. The smallest absolute Gasteiger partial charge is 0.306 e. The van der Waals surface area contributed by atoms with E-state index in [4.69, 9.17) is 14.2 Å². The molecule has 0 aliphatic carbocycles. The van der Waals surface area contributed by atoms with Crippen LogP contribution in [0.2, 0.25) is 0 Å². The average molecular weight is 413 g/mol. The fourth-order valence-electron chi connectivity index (χ4n) is 2.53. The maximum Gasteiger partial charge on any atom is 0.306 e. The standard InChI is InChI=1S/C23H27NO6/c1-3-22(26)24-18-13-11-17(12-14-18)19(25)16-30-23(27)10-7-15-29-21-9-6-5-8-20(21)28-4-2/h5-6,8-9,11-14H,3-4,7,10,15-16H2,1-2H3,(H,24,26). The van der Waals surface area contributed by atoms with Gasteiger partial charge in [0.2, 0.25) is 5.91 Å². The van der Waals surface area contributed by atoms with E-state index in [0.717, 1.165) is 0 Å². The summed E-state index contributed by atoms with van der Waals surface area (Å²) in [5.74, 6) is 0.416. The maximum absolute atomic E-state index is 12.1. The lowest BCUT2D eigenvalue weighted by Crippen LogP contribution is -2.15. The zero-order valence-corrected chi connectivity index (χ0v) is 17.3. The van der Waals surface area contributed by atoms with Gasteiger partial charge in [0.05, 0.1) is 13.2 Å². The van der Waals surface area contributed by atoms with Gasteiger partial charge < -0.3 is 19.5 Å². The summed E-state index contributed by atoms with van der Waals surface area (Å²) in [4.78, 5) is 35.4. The van der Waals surface area contributed by atoms with Crippen LogP contribution in [0, 0.1) is 0 Å². The first-order chi connectivity index (χ1) is 14.5. The summed E-state index contributed by atoms with van der Waals surface area (Å²) in [6.45, 7) is 4.20. The second-order valence-electron chi connectivity index (χ2n) is 6.39. The first-order valence-electron chi connectivity index (χ1n) is 9.96. The molecule has 30 heavy (non-hydrogen) atoms. The average Bonchev–Trinajstić information content (AvgIpc) is 2.76. The normalized spacial score (nSPS) is 10.2. The number of Topliss-reactive ketones (excluding diaryl/α,β-unsaturated/α-hetero) is 1. The third-order valence-electron chi connectivity index (χ3n) is 4.11. The fourth-order valence-corrected chi connectivity index (χ4v) is 2.53. The molecule has 0 spiro atoms. The number of hydrogen-bond acceptors (Lipinski definition) is 6. The van der Waals surface area contributed by atoms with Crippen LogP contribution in [0.5, 0.6) is 11.5 Å². The third kappa shape index (κ3) is 7.58. The molecule has 0 aliphatic rings. The highest BCUT2D eigenvalue weighted by Crippen LogP contribution is 2.26. The molecular weight excluding hydrogens is 386 g/mol. The lowest BCUT2D eigenvalue weighted by Gasteiger charge is -2.11. The van der Waals surface area contributed by atoms with Crippen molar-refractivity contribution in [1.82, 2.24) is 0 Å². The molecule has 0 saturated carbocycles. The minimum absolute atomic E-state index is 0.103. The van der Waals surface area contributed by atoms with Crippen molar-refractivity contribution >= 4 is 23.3 Å². The number of esters is 1. The van der Waals surface area contributed by atoms with Gasteiger partial charge in [-0.25, -0.2) is 0 Å². The van der Waals surface area contributed by atoms with Crippen LogP contribution in [0.4, 0.5) is 5.69 Å². The largest absolute Gasteiger partial charge is 0.490 e. The Morgan fingerprint density at radius 3 is 2.20 bits per heavy atom. The van der Waals surface area contributed by atoms with Crippen LogP contribution in [-0.4, -0.2) is 37.5 Å². The van der Waals surface area contributed by atoms with E-state index in [1.807, 2.05) is 25.1 Å². The Morgan fingerprint density at radius 2 is 1.57 bits per heavy atom. The molecule has 0 atom stereocenters. The highest BCUT2D eigenvalue weighted by Gasteiger charge is 2.11. The highest BCUT2D eigenvalue weighted by molar-refractivity contribution is 5.98. The molecule has 0 radical (unpaired) electrons. The molecule has 0 unspecified atom stereocenters. The lowest BCUT2D eigenvalue weighted by atomic mass is 10.1. The van der Waals surface area contributed by atoms with E-state index in [1.165, 1.54) is 0 Å². The van der Waals surface area contributed by atoms with Gasteiger partial charge in [0, 0.05) is 24.1 Å². The predicted octanol–water partition coefficient (Wildman–Crippen LogP) is 4.02. The summed E-state index contributed by atoms with van der Waals surface area (Å²) in [5.41, 5.74) is 1.02. The number of anilines is 1. The SMILES string of the molecule is CCOc1ccccc1OCCCC(=O)OCC(=O)c1ccc(NC(=O)CC)cc1. The number of amides is 1. The van der Waals surface area contributed by atoms with Crippen molar-refractivity contribution in [2.75, 3.05) is 25.1 Å². The van der Waals surface area contributed by atoms with Gasteiger partial charge in [-0.2, -0.15) is 0 Å². The Bertz CT molecular complexity index is 847. The van der Waals surface area contributed by atoms with Crippen LogP contribution < -0.4 is 14.8 Å². The number of nitrogens with one attached hydrogen (secondary N) is 1. The first-order valence-corrected chi connectivity index (χ1v) is 9.96. The van der Waals surface area contributed by atoms with Crippen molar-refractivity contribution in [2.24, 2.45) is 0 Å².